The van der Waals surface area contributed by atoms with Crippen LogP contribution in [0.5, 0.6) is 0 Å². The van der Waals surface area contributed by atoms with Crippen LogP contribution >= 0.6 is 0 Å². The predicted octanol–water partition coefficient (Wildman–Crippen LogP) is 4.49. The average Bonchev–Trinajstić information content (AvgIpc) is 3.53. The van der Waals surface area contributed by atoms with E-state index in [2.05, 4.69) is 25.8 Å². The summed E-state index contributed by atoms with van der Waals surface area (Å²) in [6.07, 6.45) is -5.11. The van der Waals surface area contributed by atoms with Crippen LogP contribution in [0.2, 0.25) is 0 Å². The number of aromatic nitrogens is 4. The Balaban J connectivity index is 1.40. The number of benzene rings is 1. The Hall–Kier alpha value is -4.04. The number of ether oxygens (including phenoxy) is 1. The Bertz CT molecular complexity index is 1570. The Kier molecular flexibility index (Phi) is 8.45. The summed E-state index contributed by atoms with van der Waals surface area (Å²) in [6, 6.07) is 9.18. The van der Waals surface area contributed by atoms with Gasteiger partial charge in [-0.15, -0.1) is 0 Å². The molecule has 2 N–H and O–H groups in total. The molecule has 1 fully saturated rings. The fourth-order valence-corrected chi connectivity index (χ4v) is 5.14. The van der Waals surface area contributed by atoms with Crippen molar-refractivity contribution in [1.82, 2.24) is 29.9 Å². The van der Waals surface area contributed by atoms with Gasteiger partial charge in [0.15, 0.2) is 0 Å². The van der Waals surface area contributed by atoms with Crippen LogP contribution in [0.3, 0.4) is 0 Å². The molecule has 0 saturated carbocycles. The summed E-state index contributed by atoms with van der Waals surface area (Å²) in [5.74, 6) is -0.481. The van der Waals surface area contributed by atoms with Crippen molar-refractivity contribution in [3.8, 4) is 11.5 Å². The second-order valence-electron chi connectivity index (χ2n) is 10.4. The monoisotopic (exact) mass is 589 g/mol. The summed E-state index contributed by atoms with van der Waals surface area (Å²) >= 11 is 0. The molecule has 3 aromatic heterocycles. The Morgan fingerprint density at radius 2 is 2.02 bits per heavy atom. The Morgan fingerprint density at radius 1 is 1.21 bits per heavy atom. The van der Waals surface area contributed by atoms with Crippen LogP contribution in [0.4, 0.5) is 23.2 Å². The van der Waals surface area contributed by atoms with Gasteiger partial charge in [-0.25, -0.2) is 4.39 Å². The molecule has 1 amide bonds. The first-order valence-corrected chi connectivity index (χ1v) is 13.4. The lowest BCUT2D eigenvalue weighted by Crippen LogP contribution is -2.46. The van der Waals surface area contributed by atoms with E-state index in [1.807, 2.05) is 11.9 Å². The van der Waals surface area contributed by atoms with Gasteiger partial charge in [0.25, 0.3) is 5.91 Å². The van der Waals surface area contributed by atoms with E-state index < -0.39 is 30.8 Å². The maximum Gasteiger partial charge on any atom is 0.406 e. The zero-order valence-corrected chi connectivity index (χ0v) is 23.3. The minimum atomic E-state index is -4.53. The molecule has 0 bridgehead atoms. The molecule has 0 spiro atoms. The summed E-state index contributed by atoms with van der Waals surface area (Å²) in [6.45, 7) is 1.53. The topological polar surface area (TPSA) is 110 Å². The van der Waals surface area contributed by atoms with Crippen molar-refractivity contribution in [1.29, 1.82) is 0 Å². The third-order valence-corrected chi connectivity index (χ3v) is 7.03. The third-order valence-electron chi connectivity index (χ3n) is 7.03. The number of fused-ring (bicyclic) bond motifs is 1. The Labute approximate surface area is 239 Å². The summed E-state index contributed by atoms with van der Waals surface area (Å²) in [5, 5.41) is 10.3. The molecule has 1 aromatic carbocycles. The highest BCUT2D eigenvalue weighted by Crippen LogP contribution is 2.35. The molecule has 0 unspecified atom stereocenters. The molecule has 4 aromatic rings. The lowest BCUT2D eigenvalue weighted by atomic mass is 10.0. The lowest BCUT2D eigenvalue weighted by Gasteiger charge is -2.33. The van der Waals surface area contributed by atoms with Crippen LogP contribution in [0.1, 0.15) is 34.1 Å². The molecule has 5 rings (SSSR count). The summed E-state index contributed by atoms with van der Waals surface area (Å²) in [7, 11) is 3.37. The number of pyridine rings is 1. The van der Waals surface area contributed by atoms with E-state index in [9.17, 15) is 22.4 Å². The number of amides is 1. The number of aryl methyl sites for hydroxylation is 1. The molecule has 4 heterocycles. The lowest BCUT2D eigenvalue weighted by molar-refractivity contribution is -0.139. The van der Waals surface area contributed by atoms with Gasteiger partial charge in [-0.3, -0.25) is 9.78 Å². The molecular weight excluding hydrogens is 558 g/mol. The van der Waals surface area contributed by atoms with Crippen molar-refractivity contribution in [3.63, 3.8) is 0 Å². The fraction of sp³-hybridized carbons (Fsp3) is 0.429. The van der Waals surface area contributed by atoms with Gasteiger partial charge in [-0.05, 0) is 50.7 Å². The van der Waals surface area contributed by atoms with Crippen LogP contribution in [0.15, 0.2) is 40.9 Å². The van der Waals surface area contributed by atoms with Crippen molar-refractivity contribution >= 4 is 22.5 Å². The van der Waals surface area contributed by atoms with E-state index in [4.69, 9.17) is 9.26 Å². The number of hydrogen-bond acceptors (Lipinski definition) is 8. The minimum absolute atomic E-state index is 0.00926. The zero-order valence-electron chi connectivity index (χ0n) is 23.3. The number of piperidine rings is 1. The number of alkyl halides is 4. The van der Waals surface area contributed by atoms with Crippen LogP contribution in [0, 0.1) is 6.92 Å². The van der Waals surface area contributed by atoms with Gasteiger partial charge in [-0.2, -0.15) is 18.2 Å². The number of likely N-dealkylation sites (tertiary alicyclic amines) is 1. The van der Waals surface area contributed by atoms with E-state index in [0.717, 1.165) is 4.57 Å². The highest BCUT2D eigenvalue weighted by molar-refractivity contribution is 5.96. The summed E-state index contributed by atoms with van der Waals surface area (Å²) < 4.78 is 67.2. The predicted molar refractivity (Wildman–Crippen MR) is 147 cm³/mol. The van der Waals surface area contributed by atoms with Crippen LogP contribution in [-0.2, 0) is 24.4 Å². The Morgan fingerprint density at radius 3 is 2.76 bits per heavy atom. The van der Waals surface area contributed by atoms with Gasteiger partial charge in [0.2, 0.25) is 11.7 Å². The van der Waals surface area contributed by atoms with Crippen molar-refractivity contribution in [2.45, 2.75) is 51.4 Å². The standard InChI is InChI=1S/C28H31F4N7O3/c1-16-9-17(10-18(34-16)14-41-3)27(40)33-12-25-36-26(37-42-25)24-11-19-21(35-22-7-8-38(2)13-20(22)29)5-4-6-23(19)39(24)15-28(30,31)32/h4-6,9-11,20,22,35H,7-8,12-15H2,1-3H3,(H,33,40)/t20-,22+/m0/s1. The number of carbonyl (C=O) groups is 1. The molecule has 2 atom stereocenters. The fourth-order valence-electron chi connectivity index (χ4n) is 5.14. The quantitative estimate of drug-likeness (QED) is 0.275. The summed E-state index contributed by atoms with van der Waals surface area (Å²) in [4.78, 5) is 23.2. The van der Waals surface area contributed by atoms with E-state index in [0.29, 0.717) is 41.0 Å². The zero-order chi connectivity index (χ0) is 30.0. The SMILES string of the molecule is COCc1cc(C(=O)NCc2nc(-c3cc4c(N[C@@H]5CCN(C)C[C@@H]5F)cccc4n3CC(F)(F)F)no2)cc(C)n1. The van der Waals surface area contributed by atoms with Crippen LogP contribution in [-0.4, -0.2) is 76.1 Å². The van der Waals surface area contributed by atoms with Gasteiger partial charge >= 0.3 is 6.18 Å². The van der Waals surface area contributed by atoms with Crippen LogP contribution < -0.4 is 10.6 Å². The van der Waals surface area contributed by atoms with E-state index in [1.165, 1.54) is 13.2 Å². The molecule has 0 radical (unpaired) electrons. The highest BCUT2D eigenvalue weighted by atomic mass is 19.4. The van der Waals surface area contributed by atoms with Gasteiger partial charge < -0.3 is 29.4 Å². The number of anilines is 1. The molecule has 10 nitrogen and oxygen atoms in total. The van der Waals surface area contributed by atoms with Gasteiger partial charge in [-0.1, -0.05) is 11.2 Å². The normalized spacial score (nSPS) is 18.0. The molecule has 0 aliphatic carbocycles. The minimum Gasteiger partial charge on any atom is -0.379 e. The second-order valence-corrected chi connectivity index (χ2v) is 10.4. The number of halogens is 4. The van der Waals surface area contributed by atoms with Crippen molar-refractivity contribution in [2.24, 2.45) is 0 Å². The number of hydrogen-bond donors (Lipinski definition) is 2. The molecular formula is C28H31F4N7O3. The number of rotatable bonds is 9. The molecule has 224 valence electrons. The highest BCUT2D eigenvalue weighted by Gasteiger charge is 2.32. The van der Waals surface area contributed by atoms with Crippen molar-refractivity contribution in [3.05, 3.63) is 59.2 Å². The molecule has 42 heavy (non-hydrogen) atoms. The number of carbonyl (C=O) groups excluding carboxylic acids is 1. The molecule has 1 aliphatic rings. The van der Waals surface area contributed by atoms with E-state index >= 15 is 0 Å². The number of nitrogens with zero attached hydrogens (tertiary/aromatic N) is 5. The number of nitrogens with one attached hydrogen (secondary N) is 2. The van der Waals surface area contributed by atoms with Gasteiger partial charge in [0, 0.05) is 42.5 Å². The van der Waals surface area contributed by atoms with Crippen molar-refractivity contribution in [2.75, 3.05) is 32.6 Å². The maximum absolute atomic E-state index is 14.7. The number of methoxy groups -OCH3 is 1. The third kappa shape index (κ3) is 6.71. The second kappa shape index (κ2) is 12.1. The smallest absolute Gasteiger partial charge is 0.379 e. The maximum atomic E-state index is 14.7. The largest absolute Gasteiger partial charge is 0.406 e. The van der Waals surface area contributed by atoms with Crippen molar-refractivity contribution < 1.29 is 31.6 Å². The molecule has 14 heteroatoms. The van der Waals surface area contributed by atoms with Crippen LogP contribution in [0.25, 0.3) is 22.4 Å². The first-order valence-electron chi connectivity index (χ1n) is 13.4. The van der Waals surface area contributed by atoms with Gasteiger partial charge in [0.05, 0.1) is 36.1 Å². The van der Waals surface area contributed by atoms with Gasteiger partial charge in [0.1, 0.15) is 12.7 Å². The average molecular weight is 590 g/mol. The first-order chi connectivity index (χ1) is 20.0. The van der Waals surface area contributed by atoms with E-state index in [1.54, 1.807) is 37.3 Å². The van der Waals surface area contributed by atoms with E-state index in [-0.39, 0.29) is 42.6 Å². The summed E-state index contributed by atoms with van der Waals surface area (Å²) in [5.41, 5.74) is 2.47. The molecule has 1 saturated heterocycles. The first kappa shape index (κ1) is 29.5. The molecule has 1 aliphatic heterocycles.